The van der Waals surface area contributed by atoms with Crippen LogP contribution in [0.2, 0.25) is 0 Å². The number of aryl methyl sites for hydroxylation is 1. The molecule has 0 saturated carbocycles. The molecule has 0 bridgehead atoms. The van der Waals surface area contributed by atoms with E-state index in [-0.39, 0.29) is 5.69 Å². The molecule has 0 aromatic carbocycles. The third kappa shape index (κ3) is 2.54. The fraction of sp³-hybridized carbons (Fsp3) is 0.222. The fourth-order valence-electron chi connectivity index (χ4n) is 1.30. The number of hydrogen-bond donors (Lipinski definition) is 2. The van der Waals surface area contributed by atoms with Gasteiger partial charge in [0, 0.05) is 11.8 Å². The summed E-state index contributed by atoms with van der Waals surface area (Å²) in [6.45, 7) is 2.03. The largest absolute Gasteiger partial charge is 0.363 e. The normalized spacial score (nSPS) is 10.2. The highest BCUT2D eigenvalue weighted by atomic mass is 16.6. The Balaban J connectivity index is 2.11. The number of pyridine rings is 1. The van der Waals surface area contributed by atoms with Crippen molar-refractivity contribution in [2.75, 3.05) is 5.32 Å². The van der Waals surface area contributed by atoms with Gasteiger partial charge >= 0.3 is 0 Å². The van der Waals surface area contributed by atoms with E-state index in [4.69, 9.17) is 0 Å². The van der Waals surface area contributed by atoms with Crippen molar-refractivity contribution in [3.8, 4) is 0 Å². The van der Waals surface area contributed by atoms with E-state index in [9.17, 15) is 10.1 Å². The zero-order chi connectivity index (χ0) is 12.3. The Labute approximate surface area is 96.3 Å². The van der Waals surface area contributed by atoms with Gasteiger partial charge in [-0.25, -0.2) is 9.97 Å². The number of nitrogens with zero attached hydrogens (tertiary/aromatic N) is 4. The fourth-order valence-corrected chi connectivity index (χ4v) is 1.30. The van der Waals surface area contributed by atoms with Crippen LogP contribution in [0.3, 0.4) is 0 Å². The minimum atomic E-state index is -0.434. The first kappa shape index (κ1) is 11.0. The van der Waals surface area contributed by atoms with Gasteiger partial charge < -0.3 is 5.32 Å². The molecule has 2 heterocycles. The number of aromatic nitrogens is 4. The molecule has 0 amide bonds. The van der Waals surface area contributed by atoms with Crippen molar-refractivity contribution in [3.05, 3.63) is 40.1 Å². The van der Waals surface area contributed by atoms with Crippen LogP contribution in [0.15, 0.2) is 18.6 Å². The number of H-pyrrole nitrogens is 1. The van der Waals surface area contributed by atoms with E-state index < -0.39 is 4.92 Å². The van der Waals surface area contributed by atoms with Crippen LogP contribution in [0.4, 0.5) is 11.5 Å². The molecule has 0 saturated heterocycles. The zero-order valence-electron chi connectivity index (χ0n) is 9.04. The van der Waals surface area contributed by atoms with E-state index in [0.717, 1.165) is 0 Å². The summed E-state index contributed by atoms with van der Waals surface area (Å²) in [6.07, 6.45) is 2.85. The summed E-state index contributed by atoms with van der Waals surface area (Å²) in [5.41, 5.74) is 0.570. The molecule has 0 aliphatic heterocycles. The quantitative estimate of drug-likeness (QED) is 0.603. The van der Waals surface area contributed by atoms with Crippen molar-refractivity contribution >= 4 is 11.5 Å². The van der Waals surface area contributed by atoms with E-state index in [2.05, 4.69) is 25.5 Å². The van der Waals surface area contributed by atoms with Crippen LogP contribution in [0.1, 0.15) is 11.4 Å². The number of rotatable bonds is 4. The number of nitro groups is 1. The van der Waals surface area contributed by atoms with Crippen molar-refractivity contribution in [3.63, 3.8) is 0 Å². The van der Waals surface area contributed by atoms with Gasteiger partial charge in [-0.1, -0.05) is 0 Å². The molecule has 2 aromatic heterocycles. The average Bonchev–Trinajstić information content (AvgIpc) is 2.80. The third-order valence-corrected chi connectivity index (χ3v) is 2.17. The van der Waals surface area contributed by atoms with Crippen molar-refractivity contribution in [1.82, 2.24) is 20.2 Å². The molecular formula is C9H10N6O2. The second-order valence-corrected chi connectivity index (χ2v) is 3.40. The third-order valence-electron chi connectivity index (χ3n) is 2.17. The van der Waals surface area contributed by atoms with Gasteiger partial charge in [0.2, 0.25) is 0 Å². The smallest absolute Gasteiger partial charge is 0.277 e. The molecule has 2 rings (SSSR count). The van der Waals surface area contributed by atoms with E-state index in [1.807, 2.05) is 0 Å². The topological polar surface area (TPSA) is 110 Å². The van der Waals surface area contributed by atoms with Crippen molar-refractivity contribution < 1.29 is 4.92 Å². The highest BCUT2D eigenvalue weighted by molar-refractivity contribution is 5.48. The zero-order valence-corrected chi connectivity index (χ0v) is 9.04. The molecule has 2 aromatic rings. The van der Waals surface area contributed by atoms with E-state index >= 15 is 0 Å². The van der Waals surface area contributed by atoms with Gasteiger partial charge in [-0.05, 0) is 6.92 Å². The summed E-state index contributed by atoms with van der Waals surface area (Å²) in [7, 11) is 0. The van der Waals surface area contributed by atoms with Crippen LogP contribution >= 0.6 is 0 Å². The molecule has 0 unspecified atom stereocenters. The monoisotopic (exact) mass is 234 g/mol. The maximum absolute atomic E-state index is 10.7. The SMILES string of the molecule is Cc1cnc(NCc2ncn[nH]2)cc1[N+](=O)[O-]. The summed E-state index contributed by atoms with van der Waals surface area (Å²) in [6, 6.07) is 1.39. The first-order chi connectivity index (χ1) is 8.16. The molecule has 2 N–H and O–H groups in total. The minimum Gasteiger partial charge on any atom is -0.363 e. The summed E-state index contributed by atoms with van der Waals surface area (Å²) in [5, 5.41) is 20.0. The minimum absolute atomic E-state index is 0.0417. The van der Waals surface area contributed by atoms with Crippen molar-refractivity contribution in [2.45, 2.75) is 13.5 Å². The lowest BCUT2D eigenvalue weighted by atomic mass is 10.2. The highest BCUT2D eigenvalue weighted by Gasteiger charge is 2.11. The molecule has 0 fully saturated rings. The Morgan fingerprint density at radius 2 is 2.35 bits per heavy atom. The van der Waals surface area contributed by atoms with Crippen LogP contribution < -0.4 is 5.32 Å². The molecule has 0 aliphatic carbocycles. The summed E-state index contributed by atoms with van der Waals surface area (Å²) < 4.78 is 0. The molecule has 8 heteroatoms. The highest BCUT2D eigenvalue weighted by Crippen LogP contribution is 2.19. The van der Waals surface area contributed by atoms with E-state index in [1.165, 1.54) is 18.6 Å². The Hall–Kier alpha value is -2.51. The van der Waals surface area contributed by atoms with Crippen molar-refractivity contribution in [1.29, 1.82) is 0 Å². The van der Waals surface area contributed by atoms with Gasteiger partial charge in [0.25, 0.3) is 5.69 Å². The van der Waals surface area contributed by atoms with Crippen LogP contribution in [0.25, 0.3) is 0 Å². The van der Waals surface area contributed by atoms with Gasteiger partial charge in [0.1, 0.15) is 18.0 Å². The summed E-state index contributed by atoms with van der Waals surface area (Å²) in [4.78, 5) is 18.3. The first-order valence-electron chi connectivity index (χ1n) is 4.86. The predicted octanol–water partition coefficient (Wildman–Crippen LogP) is 1.03. The van der Waals surface area contributed by atoms with Gasteiger partial charge in [0.05, 0.1) is 17.5 Å². The Morgan fingerprint density at radius 3 is 3.00 bits per heavy atom. The number of hydrogen-bond acceptors (Lipinski definition) is 6. The molecule has 17 heavy (non-hydrogen) atoms. The van der Waals surface area contributed by atoms with Crippen LogP contribution in [0, 0.1) is 17.0 Å². The lowest BCUT2D eigenvalue weighted by Gasteiger charge is -2.03. The number of nitrogens with one attached hydrogen (secondary N) is 2. The Morgan fingerprint density at radius 1 is 1.53 bits per heavy atom. The molecular weight excluding hydrogens is 224 g/mol. The molecule has 0 atom stereocenters. The molecule has 0 radical (unpaired) electrons. The Kier molecular flexibility index (Phi) is 2.95. The van der Waals surface area contributed by atoms with Gasteiger partial charge in [-0.3, -0.25) is 15.2 Å². The van der Waals surface area contributed by atoms with Crippen LogP contribution in [-0.4, -0.2) is 25.1 Å². The molecule has 88 valence electrons. The average molecular weight is 234 g/mol. The predicted molar refractivity (Wildman–Crippen MR) is 59.3 cm³/mol. The van der Waals surface area contributed by atoms with Gasteiger partial charge in [-0.15, -0.1) is 0 Å². The lowest BCUT2D eigenvalue weighted by molar-refractivity contribution is -0.385. The van der Waals surface area contributed by atoms with Gasteiger partial charge in [0.15, 0.2) is 0 Å². The summed E-state index contributed by atoms with van der Waals surface area (Å²) >= 11 is 0. The van der Waals surface area contributed by atoms with Crippen LogP contribution in [0.5, 0.6) is 0 Å². The second-order valence-electron chi connectivity index (χ2n) is 3.40. The molecule has 0 aliphatic rings. The lowest BCUT2D eigenvalue weighted by Crippen LogP contribution is -2.04. The maximum atomic E-state index is 10.7. The standard InChI is InChI=1S/C9H10N6O2/c1-6-3-10-8(2-7(6)15(16)17)11-4-9-12-5-13-14-9/h2-3,5H,4H2,1H3,(H,10,11)(H,12,13,14). The van der Waals surface area contributed by atoms with Crippen molar-refractivity contribution in [2.24, 2.45) is 0 Å². The molecule has 8 nitrogen and oxygen atoms in total. The van der Waals surface area contributed by atoms with E-state index in [1.54, 1.807) is 6.92 Å². The van der Waals surface area contributed by atoms with E-state index in [0.29, 0.717) is 23.8 Å². The van der Waals surface area contributed by atoms with Crippen LogP contribution in [-0.2, 0) is 6.54 Å². The summed E-state index contributed by atoms with van der Waals surface area (Å²) in [5.74, 6) is 1.06. The van der Waals surface area contributed by atoms with Gasteiger partial charge in [-0.2, -0.15) is 5.10 Å². The molecule has 0 spiro atoms. The second kappa shape index (κ2) is 4.56. The maximum Gasteiger partial charge on any atom is 0.277 e. The first-order valence-corrected chi connectivity index (χ1v) is 4.86. The number of aromatic amines is 1. The number of anilines is 1. The Bertz CT molecular complexity index is 524.